The molecule has 0 saturated heterocycles. The third-order valence-electron chi connectivity index (χ3n) is 5.80. The lowest BCUT2D eigenvalue weighted by Crippen LogP contribution is -2.43. The van der Waals surface area contributed by atoms with Crippen LogP contribution in [0.4, 0.5) is 27.4 Å². The van der Waals surface area contributed by atoms with E-state index in [1.165, 1.54) is 18.3 Å². The standard InChI is InChI=1S/C23H24FN7O3/c24-18-10-17(21(26)32)22(30-23(18)29-20-4-2-1-3-19(20)25)28-15-9-14(11-27-12-15)13-5-7-16(8-6-13)31(33)34/h5-12,19-20H,1-4,25H2,(H2,26,32)(H2,28,29,30)/t19-,20+/m0/s1. The van der Waals surface area contributed by atoms with E-state index in [0.717, 1.165) is 31.7 Å². The number of nitrogens with zero attached hydrogens (tertiary/aromatic N) is 3. The van der Waals surface area contributed by atoms with Gasteiger partial charge in [0, 0.05) is 36.0 Å². The van der Waals surface area contributed by atoms with E-state index in [1.807, 2.05) is 0 Å². The fourth-order valence-corrected chi connectivity index (χ4v) is 3.97. The van der Waals surface area contributed by atoms with Crippen molar-refractivity contribution in [2.24, 2.45) is 11.5 Å². The number of nitrogens with two attached hydrogens (primary N) is 2. The van der Waals surface area contributed by atoms with Gasteiger partial charge >= 0.3 is 0 Å². The van der Waals surface area contributed by atoms with Gasteiger partial charge in [0.1, 0.15) is 5.82 Å². The van der Waals surface area contributed by atoms with Gasteiger partial charge in [0.25, 0.3) is 11.6 Å². The molecule has 1 saturated carbocycles. The third kappa shape index (κ3) is 5.09. The zero-order valence-electron chi connectivity index (χ0n) is 18.2. The molecular weight excluding hydrogens is 441 g/mol. The van der Waals surface area contributed by atoms with E-state index in [4.69, 9.17) is 11.5 Å². The smallest absolute Gasteiger partial charge is 0.269 e. The van der Waals surface area contributed by atoms with E-state index in [0.29, 0.717) is 16.8 Å². The molecule has 2 atom stereocenters. The number of nitro benzene ring substituents is 1. The lowest BCUT2D eigenvalue weighted by molar-refractivity contribution is -0.384. The molecule has 3 aromatic rings. The van der Waals surface area contributed by atoms with Crippen LogP contribution < -0.4 is 22.1 Å². The van der Waals surface area contributed by atoms with Crippen LogP contribution in [0.25, 0.3) is 11.1 Å². The van der Waals surface area contributed by atoms with Gasteiger partial charge in [-0.1, -0.05) is 12.8 Å². The van der Waals surface area contributed by atoms with Gasteiger partial charge < -0.3 is 22.1 Å². The molecule has 1 aliphatic carbocycles. The first kappa shape index (κ1) is 23.1. The Morgan fingerprint density at radius 1 is 1.09 bits per heavy atom. The first-order valence-corrected chi connectivity index (χ1v) is 10.8. The maximum atomic E-state index is 14.7. The van der Waals surface area contributed by atoms with Crippen molar-refractivity contribution in [2.45, 2.75) is 37.8 Å². The van der Waals surface area contributed by atoms with E-state index in [9.17, 15) is 19.3 Å². The Kier molecular flexibility index (Phi) is 6.64. The highest BCUT2D eigenvalue weighted by Crippen LogP contribution is 2.29. The van der Waals surface area contributed by atoms with Crippen molar-refractivity contribution in [3.63, 3.8) is 0 Å². The van der Waals surface area contributed by atoms with Crippen LogP contribution in [-0.4, -0.2) is 32.9 Å². The number of aromatic nitrogens is 2. The molecule has 0 unspecified atom stereocenters. The third-order valence-corrected chi connectivity index (χ3v) is 5.80. The molecule has 1 aromatic carbocycles. The molecule has 1 fully saturated rings. The normalized spacial score (nSPS) is 17.7. The van der Waals surface area contributed by atoms with Gasteiger partial charge in [-0.25, -0.2) is 9.37 Å². The maximum Gasteiger partial charge on any atom is 0.269 e. The largest absolute Gasteiger partial charge is 0.365 e. The average Bonchev–Trinajstić information content (AvgIpc) is 2.82. The quantitative estimate of drug-likeness (QED) is 0.303. The summed E-state index contributed by atoms with van der Waals surface area (Å²) in [5.41, 5.74) is 13.3. The Morgan fingerprint density at radius 2 is 1.82 bits per heavy atom. The summed E-state index contributed by atoms with van der Waals surface area (Å²) in [6, 6.07) is 8.54. The number of anilines is 3. The minimum atomic E-state index is -0.839. The molecule has 0 bridgehead atoms. The van der Waals surface area contributed by atoms with Crippen LogP contribution in [0.3, 0.4) is 0 Å². The number of halogens is 1. The molecule has 176 valence electrons. The Morgan fingerprint density at radius 3 is 2.50 bits per heavy atom. The van der Waals surface area contributed by atoms with Crippen LogP contribution in [0, 0.1) is 15.9 Å². The minimum absolute atomic E-state index is 0.0191. The van der Waals surface area contributed by atoms with Crippen molar-refractivity contribution in [3.8, 4) is 11.1 Å². The molecule has 4 rings (SSSR count). The first-order valence-electron chi connectivity index (χ1n) is 10.8. The Balaban J connectivity index is 1.62. The SMILES string of the molecule is NC(=O)c1cc(F)c(N[C@@H]2CCCC[C@@H]2N)nc1Nc1cncc(-c2ccc([N+](=O)[O-])cc2)c1. The van der Waals surface area contributed by atoms with Crippen LogP contribution in [-0.2, 0) is 0 Å². The highest BCUT2D eigenvalue weighted by atomic mass is 19.1. The topological polar surface area (TPSA) is 162 Å². The minimum Gasteiger partial charge on any atom is -0.365 e. The fraction of sp³-hybridized carbons (Fsp3) is 0.261. The summed E-state index contributed by atoms with van der Waals surface area (Å²) in [5.74, 6) is -1.48. The number of benzene rings is 1. The zero-order chi connectivity index (χ0) is 24.2. The number of pyridine rings is 2. The van der Waals surface area contributed by atoms with Gasteiger partial charge in [0.05, 0.1) is 22.4 Å². The number of nitrogens with one attached hydrogen (secondary N) is 2. The summed E-state index contributed by atoms with van der Waals surface area (Å²) in [5, 5.41) is 16.9. The molecule has 2 heterocycles. The van der Waals surface area contributed by atoms with Gasteiger partial charge in [-0.2, -0.15) is 0 Å². The molecule has 6 N–H and O–H groups in total. The molecule has 10 nitrogen and oxygen atoms in total. The molecule has 0 aliphatic heterocycles. The Bertz CT molecular complexity index is 1220. The van der Waals surface area contributed by atoms with Gasteiger partial charge in [-0.3, -0.25) is 19.9 Å². The average molecular weight is 465 g/mol. The highest BCUT2D eigenvalue weighted by Gasteiger charge is 2.24. The van der Waals surface area contributed by atoms with E-state index >= 15 is 0 Å². The van der Waals surface area contributed by atoms with Crippen molar-refractivity contribution < 1.29 is 14.1 Å². The molecule has 34 heavy (non-hydrogen) atoms. The summed E-state index contributed by atoms with van der Waals surface area (Å²) in [7, 11) is 0. The summed E-state index contributed by atoms with van der Waals surface area (Å²) in [4.78, 5) is 30.9. The van der Waals surface area contributed by atoms with Crippen LogP contribution >= 0.6 is 0 Å². The van der Waals surface area contributed by atoms with Gasteiger partial charge in [0.2, 0.25) is 0 Å². The predicted octanol–water partition coefficient (Wildman–Crippen LogP) is 3.72. The number of hydrogen-bond donors (Lipinski definition) is 4. The van der Waals surface area contributed by atoms with Crippen LogP contribution in [0.1, 0.15) is 36.0 Å². The van der Waals surface area contributed by atoms with E-state index in [-0.39, 0.29) is 35.0 Å². The molecule has 0 spiro atoms. The van der Waals surface area contributed by atoms with Crippen molar-refractivity contribution in [3.05, 3.63) is 70.3 Å². The maximum absolute atomic E-state index is 14.7. The molecule has 0 radical (unpaired) electrons. The van der Waals surface area contributed by atoms with E-state index in [2.05, 4.69) is 20.6 Å². The van der Waals surface area contributed by atoms with Crippen molar-refractivity contribution in [1.82, 2.24) is 9.97 Å². The lowest BCUT2D eigenvalue weighted by Gasteiger charge is -2.30. The fourth-order valence-electron chi connectivity index (χ4n) is 3.97. The van der Waals surface area contributed by atoms with Gasteiger partial charge in [-0.15, -0.1) is 0 Å². The van der Waals surface area contributed by atoms with E-state index in [1.54, 1.807) is 24.4 Å². The molecule has 1 amide bonds. The number of amides is 1. The summed E-state index contributed by atoms with van der Waals surface area (Å²) < 4.78 is 14.7. The second kappa shape index (κ2) is 9.79. The number of carbonyl (C=O) groups is 1. The van der Waals surface area contributed by atoms with E-state index < -0.39 is 16.6 Å². The van der Waals surface area contributed by atoms with Gasteiger partial charge in [-0.05, 0) is 42.7 Å². The Hall–Kier alpha value is -4.12. The number of primary amides is 1. The van der Waals surface area contributed by atoms with Crippen molar-refractivity contribution in [2.75, 3.05) is 10.6 Å². The second-order valence-corrected chi connectivity index (χ2v) is 8.17. The van der Waals surface area contributed by atoms with Crippen molar-refractivity contribution in [1.29, 1.82) is 0 Å². The monoisotopic (exact) mass is 465 g/mol. The molecule has 1 aliphatic rings. The van der Waals surface area contributed by atoms with Gasteiger partial charge in [0.15, 0.2) is 11.6 Å². The van der Waals surface area contributed by atoms with Crippen LogP contribution in [0.2, 0.25) is 0 Å². The van der Waals surface area contributed by atoms with Crippen molar-refractivity contribution >= 4 is 28.9 Å². The van der Waals surface area contributed by atoms with Crippen LogP contribution in [0.15, 0.2) is 48.8 Å². The number of carbonyl (C=O) groups excluding carboxylic acids is 1. The van der Waals surface area contributed by atoms with Crippen LogP contribution in [0.5, 0.6) is 0 Å². The number of nitro groups is 1. The summed E-state index contributed by atoms with van der Waals surface area (Å²) >= 11 is 0. The molecule has 11 heteroatoms. The lowest BCUT2D eigenvalue weighted by atomic mass is 9.91. The molecular formula is C23H24FN7O3. The highest BCUT2D eigenvalue weighted by molar-refractivity contribution is 5.98. The number of rotatable bonds is 7. The summed E-state index contributed by atoms with van der Waals surface area (Å²) in [6.07, 6.45) is 6.75. The second-order valence-electron chi connectivity index (χ2n) is 8.17. The first-order chi connectivity index (χ1) is 16.3. The summed E-state index contributed by atoms with van der Waals surface area (Å²) in [6.45, 7) is 0. The number of hydrogen-bond acceptors (Lipinski definition) is 8. The number of non-ortho nitro benzene ring substituents is 1. The Labute approximate surface area is 194 Å². The predicted molar refractivity (Wildman–Crippen MR) is 126 cm³/mol. The zero-order valence-corrected chi connectivity index (χ0v) is 18.2. The molecule has 2 aromatic heterocycles.